The number of hydrazine groups is 1. The van der Waals surface area contributed by atoms with Crippen LogP contribution in [0.5, 0.6) is 0 Å². The Morgan fingerprint density at radius 2 is 2.04 bits per heavy atom. The van der Waals surface area contributed by atoms with Crippen molar-refractivity contribution in [1.82, 2.24) is 21.1 Å². The largest absolute Gasteiger partial charge is 0.416 e. The second kappa shape index (κ2) is 7.24. The fourth-order valence-corrected chi connectivity index (χ4v) is 3.35. The summed E-state index contributed by atoms with van der Waals surface area (Å²) in [5.41, 5.74) is 5.14. The van der Waals surface area contributed by atoms with Crippen molar-refractivity contribution in [2.24, 2.45) is 0 Å². The third kappa shape index (κ3) is 4.16. The highest BCUT2D eigenvalue weighted by Gasteiger charge is 2.37. The highest BCUT2D eigenvalue weighted by molar-refractivity contribution is 5.85. The van der Waals surface area contributed by atoms with Crippen LogP contribution in [0.15, 0.2) is 24.3 Å². The lowest BCUT2D eigenvalue weighted by Gasteiger charge is -2.20. The van der Waals surface area contributed by atoms with E-state index >= 15 is 0 Å². The zero-order valence-corrected chi connectivity index (χ0v) is 14.3. The number of nitrogens with one attached hydrogen (secondary N) is 3. The van der Waals surface area contributed by atoms with Gasteiger partial charge in [0, 0.05) is 25.6 Å². The SMILES string of the molecule is CC1CC(C(=O)NC2CC(=O)N(Cc3ccccc3C(F)(F)F)C2)NN1. The first-order chi connectivity index (χ1) is 12.2. The molecule has 1 aromatic carbocycles. The molecule has 2 heterocycles. The van der Waals surface area contributed by atoms with Crippen LogP contribution in [0.4, 0.5) is 13.2 Å². The first kappa shape index (κ1) is 18.7. The minimum absolute atomic E-state index is 0.0517. The molecule has 2 amide bonds. The normalized spacial score (nSPS) is 26.4. The lowest BCUT2D eigenvalue weighted by Crippen LogP contribution is -2.47. The van der Waals surface area contributed by atoms with Gasteiger partial charge in [-0.2, -0.15) is 13.2 Å². The fourth-order valence-electron chi connectivity index (χ4n) is 3.35. The van der Waals surface area contributed by atoms with E-state index in [-0.39, 0.29) is 49.0 Å². The van der Waals surface area contributed by atoms with Crippen molar-refractivity contribution in [1.29, 1.82) is 0 Å². The number of rotatable bonds is 4. The van der Waals surface area contributed by atoms with Gasteiger partial charge in [-0.05, 0) is 25.0 Å². The monoisotopic (exact) mass is 370 g/mol. The van der Waals surface area contributed by atoms with Gasteiger partial charge in [0.05, 0.1) is 11.6 Å². The van der Waals surface area contributed by atoms with Crippen LogP contribution in [0.25, 0.3) is 0 Å². The third-order valence-corrected chi connectivity index (χ3v) is 4.65. The van der Waals surface area contributed by atoms with Crippen LogP contribution in [-0.4, -0.2) is 41.4 Å². The molecule has 2 saturated heterocycles. The standard InChI is InChI=1S/C17H21F3N4O2/c1-10-6-14(23-22-10)16(26)21-12-7-15(25)24(9-12)8-11-4-2-3-5-13(11)17(18,19)20/h2-5,10,12,14,22-23H,6-9H2,1H3,(H,21,26). The van der Waals surface area contributed by atoms with Crippen molar-refractivity contribution >= 4 is 11.8 Å². The zero-order chi connectivity index (χ0) is 18.9. The predicted molar refractivity (Wildman–Crippen MR) is 87.5 cm³/mol. The lowest BCUT2D eigenvalue weighted by atomic mass is 10.1. The van der Waals surface area contributed by atoms with E-state index in [0.717, 1.165) is 6.07 Å². The van der Waals surface area contributed by atoms with E-state index in [9.17, 15) is 22.8 Å². The molecule has 3 unspecified atom stereocenters. The molecule has 2 fully saturated rings. The summed E-state index contributed by atoms with van der Waals surface area (Å²) in [6, 6.07) is 4.62. The first-order valence-corrected chi connectivity index (χ1v) is 8.48. The van der Waals surface area contributed by atoms with E-state index in [0.29, 0.717) is 6.42 Å². The average Bonchev–Trinajstić information content (AvgIpc) is 3.13. The molecule has 0 bridgehead atoms. The van der Waals surface area contributed by atoms with E-state index in [4.69, 9.17) is 0 Å². The van der Waals surface area contributed by atoms with Crippen LogP contribution < -0.4 is 16.2 Å². The summed E-state index contributed by atoms with van der Waals surface area (Å²) in [6.45, 7) is 2.02. The van der Waals surface area contributed by atoms with Gasteiger partial charge in [0.2, 0.25) is 11.8 Å². The average molecular weight is 370 g/mol. The smallest absolute Gasteiger partial charge is 0.350 e. The Hall–Kier alpha value is -2.13. The Morgan fingerprint density at radius 1 is 1.31 bits per heavy atom. The van der Waals surface area contributed by atoms with Crippen LogP contribution in [0, 0.1) is 0 Å². The summed E-state index contributed by atoms with van der Waals surface area (Å²) in [7, 11) is 0. The minimum Gasteiger partial charge on any atom is -0.350 e. The molecule has 0 spiro atoms. The summed E-state index contributed by atoms with van der Waals surface area (Å²) >= 11 is 0. The quantitative estimate of drug-likeness (QED) is 0.744. The summed E-state index contributed by atoms with van der Waals surface area (Å²) < 4.78 is 39.3. The summed E-state index contributed by atoms with van der Waals surface area (Å²) in [4.78, 5) is 25.7. The van der Waals surface area contributed by atoms with Crippen molar-refractivity contribution < 1.29 is 22.8 Å². The number of hydrogen-bond acceptors (Lipinski definition) is 4. The minimum atomic E-state index is -4.47. The molecule has 3 N–H and O–H groups in total. The molecule has 0 aliphatic carbocycles. The van der Waals surface area contributed by atoms with E-state index in [1.165, 1.54) is 23.1 Å². The van der Waals surface area contributed by atoms with Crippen LogP contribution in [-0.2, 0) is 22.3 Å². The van der Waals surface area contributed by atoms with E-state index in [1.807, 2.05) is 6.92 Å². The van der Waals surface area contributed by atoms with Crippen LogP contribution in [0.2, 0.25) is 0 Å². The maximum atomic E-state index is 13.1. The van der Waals surface area contributed by atoms with Crippen LogP contribution in [0.3, 0.4) is 0 Å². The molecule has 6 nitrogen and oxygen atoms in total. The molecule has 0 saturated carbocycles. The predicted octanol–water partition coefficient (Wildman–Crippen LogP) is 1.18. The zero-order valence-electron chi connectivity index (χ0n) is 14.3. The number of amides is 2. The summed E-state index contributed by atoms with van der Waals surface area (Å²) in [5.74, 6) is -0.477. The highest BCUT2D eigenvalue weighted by atomic mass is 19.4. The van der Waals surface area contributed by atoms with E-state index < -0.39 is 17.8 Å². The van der Waals surface area contributed by atoms with Gasteiger partial charge in [-0.3, -0.25) is 15.0 Å². The molecule has 9 heteroatoms. The molecule has 2 aliphatic heterocycles. The number of likely N-dealkylation sites (tertiary alicyclic amines) is 1. The number of alkyl halides is 3. The molecule has 26 heavy (non-hydrogen) atoms. The maximum absolute atomic E-state index is 13.1. The van der Waals surface area contributed by atoms with Crippen molar-refractivity contribution in [2.75, 3.05) is 6.54 Å². The Kier molecular flexibility index (Phi) is 5.19. The molecular weight excluding hydrogens is 349 g/mol. The second-order valence-electron chi connectivity index (χ2n) is 6.82. The molecule has 0 aromatic heterocycles. The van der Waals surface area contributed by atoms with Crippen LogP contribution >= 0.6 is 0 Å². The van der Waals surface area contributed by atoms with Gasteiger partial charge in [0.25, 0.3) is 0 Å². The molecule has 2 aliphatic rings. The molecule has 3 atom stereocenters. The van der Waals surface area contributed by atoms with Gasteiger partial charge in [0.15, 0.2) is 0 Å². The van der Waals surface area contributed by atoms with Gasteiger partial charge in [-0.25, -0.2) is 5.43 Å². The molecule has 3 rings (SSSR count). The van der Waals surface area contributed by atoms with E-state index in [1.54, 1.807) is 0 Å². The Labute approximate surface area is 149 Å². The van der Waals surface area contributed by atoms with Crippen LogP contribution in [0.1, 0.15) is 30.9 Å². The maximum Gasteiger partial charge on any atom is 0.416 e. The number of hydrogen-bond donors (Lipinski definition) is 3. The number of nitrogens with zero attached hydrogens (tertiary/aromatic N) is 1. The second-order valence-corrected chi connectivity index (χ2v) is 6.82. The Balaban J connectivity index is 1.61. The van der Waals surface area contributed by atoms with Crippen molar-refractivity contribution in [3.05, 3.63) is 35.4 Å². The topological polar surface area (TPSA) is 73.5 Å². The van der Waals surface area contributed by atoms with Crippen molar-refractivity contribution in [3.8, 4) is 0 Å². The summed E-state index contributed by atoms with van der Waals surface area (Å²) in [6.07, 6.45) is -3.74. The van der Waals surface area contributed by atoms with Crippen molar-refractivity contribution in [3.63, 3.8) is 0 Å². The molecular formula is C17H21F3N4O2. The van der Waals surface area contributed by atoms with Gasteiger partial charge in [-0.1, -0.05) is 18.2 Å². The molecule has 142 valence electrons. The third-order valence-electron chi connectivity index (χ3n) is 4.65. The van der Waals surface area contributed by atoms with Crippen molar-refractivity contribution in [2.45, 2.75) is 50.6 Å². The Morgan fingerprint density at radius 3 is 2.69 bits per heavy atom. The number of halogens is 3. The van der Waals surface area contributed by atoms with Gasteiger partial charge < -0.3 is 10.2 Å². The summed E-state index contributed by atoms with van der Waals surface area (Å²) in [5, 5.41) is 2.81. The number of carbonyl (C=O) groups excluding carboxylic acids is 2. The number of benzene rings is 1. The lowest BCUT2D eigenvalue weighted by molar-refractivity contribution is -0.139. The highest BCUT2D eigenvalue weighted by Crippen LogP contribution is 2.32. The molecule has 0 radical (unpaired) electrons. The van der Waals surface area contributed by atoms with Gasteiger partial charge in [-0.15, -0.1) is 0 Å². The molecule has 1 aromatic rings. The fraction of sp³-hybridized carbons (Fsp3) is 0.529. The number of carbonyl (C=O) groups is 2. The first-order valence-electron chi connectivity index (χ1n) is 8.48. The Bertz CT molecular complexity index is 695. The van der Waals surface area contributed by atoms with E-state index in [2.05, 4.69) is 16.2 Å². The van der Waals surface area contributed by atoms with Gasteiger partial charge in [0.1, 0.15) is 6.04 Å². The van der Waals surface area contributed by atoms with Gasteiger partial charge >= 0.3 is 6.18 Å².